The molecule has 5 heteroatoms. The first-order valence-electron chi connectivity index (χ1n) is 7.92. The van der Waals surface area contributed by atoms with Crippen molar-refractivity contribution in [3.05, 3.63) is 0 Å². The van der Waals surface area contributed by atoms with Gasteiger partial charge in [-0.2, -0.15) is 0 Å². The molecule has 20 heavy (non-hydrogen) atoms. The van der Waals surface area contributed by atoms with Gasteiger partial charge in [-0.1, -0.05) is 0 Å². The molecule has 3 unspecified atom stereocenters. The number of hydrogen-bond donors (Lipinski definition) is 1. The molecule has 1 N–H and O–H groups in total. The molecule has 2 aliphatic heterocycles. The third-order valence-electron chi connectivity index (χ3n) is 4.49. The Kier molecular flexibility index (Phi) is 4.02. The number of nitrogens with zero attached hydrogens (tertiary/aromatic N) is 1. The van der Waals surface area contributed by atoms with Crippen molar-refractivity contribution in [1.82, 2.24) is 10.2 Å². The molecule has 0 spiro atoms. The molecule has 0 aromatic rings. The average molecular weight is 282 g/mol. The second-order valence-corrected chi connectivity index (χ2v) is 6.62. The molecule has 2 heterocycles. The van der Waals surface area contributed by atoms with Gasteiger partial charge in [0.15, 0.2) is 0 Å². The minimum Gasteiger partial charge on any atom is -0.465 e. The molecular formula is C15H26N2O3. The Bertz CT molecular complexity index is 360. The van der Waals surface area contributed by atoms with Gasteiger partial charge in [0, 0.05) is 25.7 Å². The summed E-state index contributed by atoms with van der Waals surface area (Å²) in [6.07, 6.45) is 5.38. The lowest BCUT2D eigenvalue weighted by molar-refractivity contribution is -0.152. The number of carbonyl (C=O) groups excluding carboxylic acids is 1. The van der Waals surface area contributed by atoms with Crippen molar-refractivity contribution < 1.29 is 14.3 Å². The van der Waals surface area contributed by atoms with Crippen molar-refractivity contribution in [1.29, 1.82) is 0 Å². The minimum absolute atomic E-state index is 0.120. The molecule has 2 bridgehead atoms. The summed E-state index contributed by atoms with van der Waals surface area (Å²) in [5.74, 6) is -0.120. The summed E-state index contributed by atoms with van der Waals surface area (Å²) in [5.41, 5.74) is -0.589. The van der Waals surface area contributed by atoms with Gasteiger partial charge in [0.25, 0.3) is 0 Å². The summed E-state index contributed by atoms with van der Waals surface area (Å²) in [7, 11) is 0. The Hall–Kier alpha value is -0.650. The zero-order valence-corrected chi connectivity index (χ0v) is 12.6. The van der Waals surface area contributed by atoms with Gasteiger partial charge in [-0.15, -0.1) is 0 Å². The highest BCUT2D eigenvalue weighted by atomic mass is 16.5. The highest BCUT2D eigenvalue weighted by Gasteiger charge is 2.43. The smallest absolute Gasteiger partial charge is 0.327 e. The number of rotatable bonds is 6. The standard InChI is InChI=1S/C15H26N2O3/c1-3-19-14(18)15(2,16-11-4-5-11)10-17-8-12-6-7-13(9-17)20-12/h11-13,16H,3-10H2,1-2H3. The first-order valence-corrected chi connectivity index (χ1v) is 7.92. The number of nitrogens with one attached hydrogen (secondary N) is 1. The fourth-order valence-corrected chi connectivity index (χ4v) is 3.41. The summed E-state index contributed by atoms with van der Waals surface area (Å²) < 4.78 is 11.2. The maximum absolute atomic E-state index is 12.3. The molecule has 5 nitrogen and oxygen atoms in total. The lowest BCUT2D eigenvalue weighted by atomic mass is 10.0. The number of morpholine rings is 1. The van der Waals surface area contributed by atoms with Crippen LogP contribution in [0.3, 0.4) is 0 Å². The monoisotopic (exact) mass is 282 g/mol. The topological polar surface area (TPSA) is 50.8 Å². The van der Waals surface area contributed by atoms with Crippen LogP contribution in [0.5, 0.6) is 0 Å². The molecule has 114 valence electrons. The van der Waals surface area contributed by atoms with Crippen LogP contribution in [-0.2, 0) is 14.3 Å². The normalized spacial score (nSPS) is 32.9. The van der Waals surface area contributed by atoms with Crippen LogP contribution in [0.25, 0.3) is 0 Å². The van der Waals surface area contributed by atoms with Crippen LogP contribution in [0.15, 0.2) is 0 Å². The Balaban J connectivity index is 1.64. The van der Waals surface area contributed by atoms with Gasteiger partial charge in [-0.25, -0.2) is 0 Å². The van der Waals surface area contributed by atoms with E-state index in [9.17, 15) is 4.79 Å². The van der Waals surface area contributed by atoms with E-state index in [0.717, 1.165) is 32.5 Å². The Morgan fingerprint density at radius 1 is 1.30 bits per heavy atom. The number of carbonyl (C=O) groups is 1. The van der Waals surface area contributed by atoms with E-state index < -0.39 is 5.54 Å². The summed E-state index contributed by atoms with van der Waals surface area (Å²) >= 11 is 0. The molecule has 3 rings (SSSR count). The predicted molar refractivity (Wildman–Crippen MR) is 75.5 cm³/mol. The molecule has 1 aliphatic carbocycles. The van der Waals surface area contributed by atoms with E-state index >= 15 is 0 Å². The van der Waals surface area contributed by atoms with E-state index in [1.165, 1.54) is 12.8 Å². The fraction of sp³-hybridized carbons (Fsp3) is 0.933. The van der Waals surface area contributed by atoms with Crippen LogP contribution in [0.1, 0.15) is 39.5 Å². The third-order valence-corrected chi connectivity index (χ3v) is 4.49. The zero-order valence-electron chi connectivity index (χ0n) is 12.6. The molecule has 2 saturated heterocycles. The molecule has 0 amide bonds. The Morgan fingerprint density at radius 2 is 1.95 bits per heavy atom. The fourth-order valence-electron chi connectivity index (χ4n) is 3.41. The molecule has 3 fully saturated rings. The van der Waals surface area contributed by atoms with Gasteiger partial charge in [-0.05, 0) is 39.5 Å². The third kappa shape index (κ3) is 3.15. The van der Waals surface area contributed by atoms with Gasteiger partial charge >= 0.3 is 5.97 Å². The Labute approximate surface area is 121 Å². The van der Waals surface area contributed by atoms with Gasteiger partial charge < -0.3 is 9.47 Å². The molecule has 0 aromatic heterocycles. The highest BCUT2D eigenvalue weighted by Crippen LogP contribution is 2.29. The van der Waals surface area contributed by atoms with Crippen LogP contribution < -0.4 is 5.32 Å². The molecule has 0 aromatic carbocycles. The first-order chi connectivity index (χ1) is 9.59. The number of likely N-dealkylation sites (tertiary alicyclic amines) is 1. The van der Waals surface area contributed by atoms with E-state index in [1.807, 2.05) is 13.8 Å². The summed E-state index contributed by atoms with van der Waals surface area (Å²) in [6, 6.07) is 0.488. The van der Waals surface area contributed by atoms with Crippen LogP contribution in [0.2, 0.25) is 0 Å². The zero-order chi connectivity index (χ0) is 14.2. The maximum atomic E-state index is 12.3. The second-order valence-electron chi connectivity index (χ2n) is 6.62. The quantitative estimate of drug-likeness (QED) is 0.734. The van der Waals surface area contributed by atoms with Gasteiger partial charge in [0.05, 0.1) is 18.8 Å². The van der Waals surface area contributed by atoms with E-state index in [0.29, 0.717) is 24.9 Å². The van der Waals surface area contributed by atoms with Crippen molar-refractivity contribution in [3.8, 4) is 0 Å². The lowest BCUT2D eigenvalue weighted by Gasteiger charge is -2.38. The first kappa shape index (κ1) is 14.3. The van der Waals surface area contributed by atoms with Crippen LogP contribution in [0, 0.1) is 0 Å². The van der Waals surface area contributed by atoms with Gasteiger partial charge in [0.2, 0.25) is 0 Å². The van der Waals surface area contributed by atoms with Crippen LogP contribution in [-0.4, -0.2) is 60.9 Å². The molecule has 0 radical (unpaired) electrons. The van der Waals surface area contributed by atoms with Gasteiger partial charge in [-0.3, -0.25) is 15.0 Å². The van der Waals surface area contributed by atoms with Crippen molar-refractivity contribution in [3.63, 3.8) is 0 Å². The maximum Gasteiger partial charge on any atom is 0.327 e. The molecule has 1 saturated carbocycles. The number of esters is 1. The largest absolute Gasteiger partial charge is 0.465 e. The molecule has 3 atom stereocenters. The summed E-state index contributed by atoms with van der Waals surface area (Å²) in [4.78, 5) is 14.7. The number of ether oxygens (including phenoxy) is 2. The summed E-state index contributed by atoms with van der Waals surface area (Å²) in [5, 5.41) is 3.49. The second kappa shape index (κ2) is 5.62. The van der Waals surface area contributed by atoms with Crippen LogP contribution >= 0.6 is 0 Å². The number of hydrogen-bond acceptors (Lipinski definition) is 5. The van der Waals surface area contributed by atoms with Crippen molar-refractivity contribution in [2.45, 2.75) is 63.3 Å². The SMILES string of the molecule is CCOC(=O)C(C)(CN1CC2CCC(C1)O2)NC1CC1. The summed E-state index contributed by atoms with van der Waals surface area (Å²) in [6.45, 7) is 6.90. The van der Waals surface area contributed by atoms with E-state index in [4.69, 9.17) is 9.47 Å². The molecular weight excluding hydrogens is 256 g/mol. The van der Waals surface area contributed by atoms with E-state index in [2.05, 4.69) is 10.2 Å². The molecule has 3 aliphatic rings. The number of fused-ring (bicyclic) bond motifs is 2. The van der Waals surface area contributed by atoms with Crippen LogP contribution in [0.4, 0.5) is 0 Å². The van der Waals surface area contributed by atoms with Crippen molar-refractivity contribution >= 4 is 5.97 Å². The average Bonchev–Trinajstić information content (AvgIpc) is 3.13. The van der Waals surface area contributed by atoms with E-state index in [-0.39, 0.29) is 5.97 Å². The van der Waals surface area contributed by atoms with Crippen molar-refractivity contribution in [2.75, 3.05) is 26.2 Å². The van der Waals surface area contributed by atoms with E-state index in [1.54, 1.807) is 0 Å². The highest BCUT2D eigenvalue weighted by molar-refractivity contribution is 5.80. The Morgan fingerprint density at radius 3 is 2.50 bits per heavy atom. The van der Waals surface area contributed by atoms with Gasteiger partial charge in [0.1, 0.15) is 5.54 Å². The van der Waals surface area contributed by atoms with Crippen molar-refractivity contribution in [2.24, 2.45) is 0 Å². The predicted octanol–water partition coefficient (Wildman–Crippen LogP) is 0.923. The minimum atomic E-state index is -0.589. The lowest BCUT2D eigenvalue weighted by Crippen LogP contribution is -2.60.